The van der Waals surface area contributed by atoms with Gasteiger partial charge < -0.3 is 20.1 Å². The molecule has 0 aliphatic carbocycles. The number of hydrogen-bond donors (Lipinski definition) is 2. The number of piperidine rings is 1. The fourth-order valence-corrected chi connectivity index (χ4v) is 4.53. The second-order valence-electron chi connectivity index (χ2n) is 7.14. The van der Waals surface area contributed by atoms with Crippen LogP contribution in [0.2, 0.25) is 0 Å². The molecule has 2 N–H and O–H groups in total. The van der Waals surface area contributed by atoms with E-state index in [2.05, 4.69) is 20.1 Å². The predicted molar refractivity (Wildman–Crippen MR) is 107 cm³/mol. The van der Waals surface area contributed by atoms with Crippen molar-refractivity contribution in [1.29, 1.82) is 0 Å². The molecule has 1 aromatic heterocycles. The van der Waals surface area contributed by atoms with E-state index in [1.807, 2.05) is 12.1 Å². The molecule has 0 radical (unpaired) electrons. The average Bonchev–Trinajstić information content (AvgIpc) is 2.70. The summed E-state index contributed by atoms with van der Waals surface area (Å²) in [6.45, 7) is 4.64. The van der Waals surface area contributed by atoms with E-state index >= 15 is 0 Å². The zero-order valence-electron chi connectivity index (χ0n) is 15.5. The van der Waals surface area contributed by atoms with Crippen LogP contribution < -0.4 is 10.2 Å². The number of rotatable bonds is 7. The van der Waals surface area contributed by atoms with Crippen LogP contribution in [-0.4, -0.2) is 72.1 Å². The fourth-order valence-electron chi connectivity index (χ4n) is 4.53. The summed E-state index contributed by atoms with van der Waals surface area (Å²) in [4.78, 5) is 32.0. The Labute approximate surface area is 166 Å². The number of anilines is 1. The van der Waals surface area contributed by atoms with E-state index in [-0.39, 0.29) is 18.3 Å². The van der Waals surface area contributed by atoms with Gasteiger partial charge in [-0.05, 0) is 50.4 Å². The number of halogens is 1. The van der Waals surface area contributed by atoms with E-state index in [9.17, 15) is 14.7 Å². The molecule has 1 atom stereocenters. The Kier molecular flexibility index (Phi) is 8.01. The fraction of sp³-hybridized carbons (Fsp3) is 0.632. The zero-order valence-corrected chi connectivity index (χ0v) is 16.4. The molecule has 2 aliphatic rings. The van der Waals surface area contributed by atoms with Gasteiger partial charge in [0.05, 0.1) is 0 Å². The maximum absolute atomic E-state index is 12.5. The average molecular weight is 397 g/mol. The van der Waals surface area contributed by atoms with Crippen molar-refractivity contribution in [2.45, 2.75) is 31.2 Å². The maximum atomic E-state index is 12.5. The van der Waals surface area contributed by atoms with Crippen molar-refractivity contribution in [3.8, 4) is 0 Å². The number of piperazine rings is 1. The van der Waals surface area contributed by atoms with Gasteiger partial charge in [0, 0.05) is 50.7 Å². The van der Waals surface area contributed by atoms with E-state index in [0.29, 0.717) is 25.9 Å². The van der Waals surface area contributed by atoms with Gasteiger partial charge in [-0.3, -0.25) is 14.7 Å². The van der Waals surface area contributed by atoms with Crippen LogP contribution in [0, 0.1) is 5.92 Å². The number of carboxylic acid groups (broad SMARTS) is 1. The molecule has 0 aromatic carbocycles. The van der Waals surface area contributed by atoms with Crippen LogP contribution in [0.4, 0.5) is 5.69 Å². The van der Waals surface area contributed by atoms with Crippen LogP contribution in [0.25, 0.3) is 0 Å². The van der Waals surface area contributed by atoms with Crippen LogP contribution in [0.1, 0.15) is 25.7 Å². The molecule has 0 bridgehead atoms. The van der Waals surface area contributed by atoms with Gasteiger partial charge in [0.1, 0.15) is 11.8 Å². The Morgan fingerprint density at radius 1 is 1.22 bits per heavy atom. The van der Waals surface area contributed by atoms with Crippen LogP contribution >= 0.6 is 12.4 Å². The summed E-state index contributed by atoms with van der Waals surface area (Å²) in [6, 6.07) is 3.97. The van der Waals surface area contributed by atoms with Gasteiger partial charge in [0.2, 0.25) is 0 Å². The van der Waals surface area contributed by atoms with Gasteiger partial charge >= 0.3 is 5.97 Å². The highest BCUT2D eigenvalue weighted by Gasteiger charge is 2.50. The first-order valence-corrected chi connectivity index (χ1v) is 9.46. The summed E-state index contributed by atoms with van der Waals surface area (Å²) in [5, 5.41) is 13.6. The summed E-state index contributed by atoms with van der Waals surface area (Å²) in [5.74, 6) is -0.697. The van der Waals surface area contributed by atoms with Crippen molar-refractivity contribution in [1.82, 2.24) is 15.2 Å². The topological polar surface area (TPSA) is 85.8 Å². The normalized spacial score (nSPS) is 21.1. The standard InChI is InChI=1S/C19H28N4O3.ClH/c24-15-1-6-19(18(25)26,16-2-7-20-8-3-16)23-13-11-22(12-14-23)17-4-9-21-10-5-17;/h4-5,9-10,15-16,20H,1-3,6-8,11-14H2,(H,25,26);1H. The number of aliphatic carboxylic acids is 1. The van der Waals surface area contributed by atoms with E-state index in [1.54, 1.807) is 12.4 Å². The number of carbonyl (C=O) groups excluding carboxylic acids is 1. The first-order valence-electron chi connectivity index (χ1n) is 9.46. The quantitative estimate of drug-likeness (QED) is 0.674. The third kappa shape index (κ3) is 4.59. The zero-order chi connectivity index (χ0) is 18.4. The molecule has 1 aromatic rings. The Bertz CT molecular complexity index is 604. The Balaban J connectivity index is 0.00000261. The highest BCUT2D eigenvalue weighted by molar-refractivity contribution is 5.85. The Hall–Kier alpha value is -1.70. The number of nitrogens with one attached hydrogen (secondary N) is 1. The van der Waals surface area contributed by atoms with Crippen molar-refractivity contribution in [2.75, 3.05) is 44.2 Å². The Morgan fingerprint density at radius 2 is 1.85 bits per heavy atom. The molecule has 8 heteroatoms. The molecule has 2 saturated heterocycles. The molecular weight excluding hydrogens is 368 g/mol. The summed E-state index contributed by atoms with van der Waals surface area (Å²) in [7, 11) is 0. The molecule has 1 unspecified atom stereocenters. The predicted octanol–water partition coefficient (Wildman–Crippen LogP) is 1.43. The van der Waals surface area contributed by atoms with Crippen LogP contribution in [-0.2, 0) is 9.59 Å². The van der Waals surface area contributed by atoms with Gasteiger partial charge in [-0.2, -0.15) is 0 Å². The molecule has 2 fully saturated rings. The van der Waals surface area contributed by atoms with Gasteiger partial charge in [-0.15, -0.1) is 12.4 Å². The van der Waals surface area contributed by atoms with Crippen molar-refractivity contribution in [3.63, 3.8) is 0 Å². The number of carbonyl (C=O) groups is 2. The van der Waals surface area contributed by atoms with E-state index in [0.717, 1.165) is 51.0 Å². The number of pyridine rings is 1. The van der Waals surface area contributed by atoms with Crippen LogP contribution in [0.15, 0.2) is 24.5 Å². The summed E-state index contributed by atoms with van der Waals surface area (Å²) < 4.78 is 0. The first kappa shape index (κ1) is 21.6. The highest BCUT2D eigenvalue weighted by atomic mass is 35.5. The smallest absolute Gasteiger partial charge is 0.324 e. The number of aromatic nitrogens is 1. The molecule has 7 nitrogen and oxygen atoms in total. The number of hydrogen-bond acceptors (Lipinski definition) is 6. The molecule has 0 saturated carbocycles. The van der Waals surface area contributed by atoms with E-state index in [1.165, 1.54) is 0 Å². The van der Waals surface area contributed by atoms with Gasteiger partial charge in [0.25, 0.3) is 0 Å². The van der Waals surface area contributed by atoms with Crippen molar-refractivity contribution in [3.05, 3.63) is 24.5 Å². The third-order valence-corrected chi connectivity index (χ3v) is 5.90. The largest absolute Gasteiger partial charge is 0.480 e. The molecule has 150 valence electrons. The summed E-state index contributed by atoms with van der Waals surface area (Å²) in [5.41, 5.74) is 0.184. The lowest BCUT2D eigenvalue weighted by molar-refractivity contribution is -0.158. The summed E-state index contributed by atoms with van der Waals surface area (Å²) >= 11 is 0. The second kappa shape index (κ2) is 10.0. The molecule has 2 aliphatic heterocycles. The third-order valence-electron chi connectivity index (χ3n) is 5.90. The molecule has 0 amide bonds. The number of carboxylic acids is 1. The number of aldehydes is 1. The molecule has 0 spiro atoms. The molecule has 3 rings (SSSR count). The first-order chi connectivity index (χ1) is 12.7. The monoisotopic (exact) mass is 396 g/mol. The van der Waals surface area contributed by atoms with E-state index in [4.69, 9.17) is 0 Å². The molecular formula is C19H29ClN4O3. The van der Waals surface area contributed by atoms with Crippen LogP contribution in [0.5, 0.6) is 0 Å². The minimum atomic E-state index is -0.937. The number of nitrogens with zero attached hydrogens (tertiary/aromatic N) is 3. The van der Waals surface area contributed by atoms with Crippen molar-refractivity contribution >= 4 is 30.3 Å². The van der Waals surface area contributed by atoms with Crippen molar-refractivity contribution < 1.29 is 14.7 Å². The Morgan fingerprint density at radius 3 is 2.41 bits per heavy atom. The lowest BCUT2D eigenvalue weighted by atomic mass is 9.73. The lowest BCUT2D eigenvalue weighted by Crippen LogP contribution is -2.65. The maximum Gasteiger partial charge on any atom is 0.324 e. The van der Waals surface area contributed by atoms with Crippen LogP contribution in [0.3, 0.4) is 0 Å². The second-order valence-corrected chi connectivity index (χ2v) is 7.14. The summed E-state index contributed by atoms with van der Waals surface area (Å²) in [6.07, 6.45) is 6.79. The minimum absolute atomic E-state index is 0. The highest BCUT2D eigenvalue weighted by Crippen LogP contribution is 2.37. The lowest BCUT2D eigenvalue weighted by Gasteiger charge is -2.50. The van der Waals surface area contributed by atoms with Gasteiger partial charge in [-0.25, -0.2) is 0 Å². The molecule has 27 heavy (non-hydrogen) atoms. The SMILES string of the molecule is Cl.O=CCCC(C(=O)O)(C1CCNCC1)N1CCN(c2ccncc2)CC1. The van der Waals surface area contributed by atoms with Crippen molar-refractivity contribution in [2.24, 2.45) is 5.92 Å². The van der Waals surface area contributed by atoms with Gasteiger partial charge in [0.15, 0.2) is 0 Å². The van der Waals surface area contributed by atoms with Gasteiger partial charge in [-0.1, -0.05) is 0 Å². The minimum Gasteiger partial charge on any atom is -0.480 e. The molecule has 3 heterocycles. The van der Waals surface area contributed by atoms with E-state index < -0.39 is 11.5 Å².